The Morgan fingerprint density at radius 1 is 0.878 bits per heavy atom. The van der Waals surface area contributed by atoms with Gasteiger partial charge in [0.1, 0.15) is 12.6 Å². The van der Waals surface area contributed by atoms with Crippen LogP contribution in [0.4, 0.5) is 5.69 Å². The predicted octanol–water partition coefficient (Wildman–Crippen LogP) is 5.08. The van der Waals surface area contributed by atoms with Gasteiger partial charge in [0, 0.05) is 19.0 Å². The Hall–Kier alpha value is -3.65. The highest BCUT2D eigenvalue weighted by molar-refractivity contribution is 7.92. The van der Waals surface area contributed by atoms with Crippen molar-refractivity contribution < 1.29 is 18.0 Å². The summed E-state index contributed by atoms with van der Waals surface area (Å²) in [6.07, 6.45) is 5.40. The molecule has 3 aromatic rings. The minimum absolute atomic E-state index is 0.0835. The molecule has 1 fully saturated rings. The van der Waals surface area contributed by atoms with E-state index in [1.807, 2.05) is 81.4 Å². The van der Waals surface area contributed by atoms with Gasteiger partial charge in [-0.15, -0.1) is 0 Å². The van der Waals surface area contributed by atoms with Gasteiger partial charge < -0.3 is 10.2 Å². The van der Waals surface area contributed by atoms with Gasteiger partial charge in [0.15, 0.2) is 0 Å². The van der Waals surface area contributed by atoms with E-state index in [0.29, 0.717) is 12.1 Å². The number of amides is 2. The molecule has 3 aromatic carbocycles. The number of nitrogens with zero attached hydrogens (tertiary/aromatic N) is 2. The average Bonchev–Trinajstić information content (AvgIpc) is 3.45. The predicted molar refractivity (Wildman–Crippen MR) is 164 cm³/mol. The van der Waals surface area contributed by atoms with Gasteiger partial charge >= 0.3 is 0 Å². The van der Waals surface area contributed by atoms with Crippen LogP contribution in [-0.4, -0.2) is 50.0 Å². The van der Waals surface area contributed by atoms with Crippen LogP contribution in [0.3, 0.4) is 0 Å². The average molecular weight is 576 g/mol. The second kappa shape index (κ2) is 13.3. The van der Waals surface area contributed by atoms with Crippen molar-refractivity contribution in [2.75, 3.05) is 17.1 Å². The lowest BCUT2D eigenvalue weighted by Gasteiger charge is -2.34. The summed E-state index contributed by atoms with van der Waals surface area (Å²) >= 11 is 0. The number of benzene rings is 3. The number of nitrogens with one attached hydrogen (secondary N) is 1. The van der Waals surface area contributed by atoms with Gasteiger partial charge in [-0.3, -0.25) is 13.9 Å². The smallest absolute Gasteiger partial charge is 0.244 e. The minimum Gasteiger partial charge on any atom is -0.352 e. The minimum atomic E-state index is -3.79. The van der Waals surface area contributed by atoms with Crippen LogP contribution in [0.5, 0.6) is 0 Å². The Kier molecular flexibility index (Phi) is 9.86. The zero-order valence-corrected chi connectivity index (χ0v) is 25.3. The number of rotatable bonds is 11. The van der Waals surface area contributed by atoms with Crippen molar-refractivity contribution in [1.29, 1.82) is 0 Å². The molecule has 0 unspecified atom stereocenters. The first kappa shape index (κ1) is 30.3. The first-order chi connectivity index (χ1) is 19.5. The van der Waals surface area contributed by atoms with Crippen LogP contribution >= 0.6 is 0 Å². The molecular weight excluding hydrogens is 534 g/mol. The van der Waals surface area contributed by atoms with Crippen LogP contribution in [0.25, 0.3) is 0 Å². The maximum atomic E-state index is 14.2. The van der Waals surface area contributed by atoms with Crippen LogP contribution in [0.1, 0.15) is 53.5 Å². The normalized spacial score (nSPS) is 14.4. The van der Waals surface area contributed by atoms with E-state index in [9.17, 15) is 18.0 Å². The Morgan fingerprint density at radius 2 is 1.54 bits per heavy atom. The van der Waals surface area contributed by atoms with Crippen molar-refractivity contribution in [3.8, 4) is 0 Å². The third-order valence-corrected chi connectivity index (χ3v) is 9.04. The fourth-order valence-electron chi connectivity index (χ4n) is 5.31. The Morgan fingerprint density at radius 3 is 2.15 bits per heavy atom. The molecule has 1 N–H and O–H groups in total. The molecule has 8 heteroatoms. The Bertz CT molecular complexity index is 1450. The number of carbonyl (C=O) groups is 2. The molecule has 41 heavy (non-hydrogen) atoms. The van der Waals surface area contributed by atoms with E-state index >= 15 is 0 Å². The first-order valence-electron chi connectivity index (χ1n) is 14.3. The molecule has 2 amide bonds. The summed E-state index contributed by atoms with van der Waals surface area (Å²) < 4.78 is 27.1. The van der Waals surface area contributed by atoms with Gasteiger partial charge in [0.2, 0.25) is 21.8 Å². The summed E-state index contributed by atoms with van der Waals surface area (Å²) in [7, 11) is -3.79. The van der Waals surface area contributed by atoms with Gasteiger partial charge in [-0.2, -0.15) is 0 Å². The Balaban J connectivity index is 1.72. The van der Waals surface area contributed by atoms with Crippen LogP contribution in [0, 0.1) is 20.8 Å². The second-order valence-electron chi connectivity index (χ2n) is 11.2. The zero-order valence-electron chi connectivity index (χ0n) is 24.5. The summed E-state index contributed by atoms with van der Waals surface area (Å²) in [5.41, 5.74) is 5.26. The molecule has 1 atom stereocenters. The summed E-state index contributed by atoms with van der Waals surface area (Å²) in [5.74, 6) is -0.643. The number of hydrogen-bond acceptors (Lipinski definition) is 4. The molecule has 0 radical (unpaired) electrons. The molecule has 218 valence electrons. The molecule has 7 nitrogen and oxygen atoms in total. The lowest BCUT2D eigenvalue weighted by molar-refractivity contribution is -0.140. The molecule has 0 heterocycles. The summed E-state index contributed by atoms with van der Waals surface area (Å²) in [6, 6.07) is 22.1. The molecule has 4 rings (SSSR count). The molecule has 1 saturated carbocycles. The third-order valence-electron chi connectivity index (χ3n) is 7.90. The monoisotopic (exact) mass is 575 g/mol. The standard InChI is InChI=1S/C33H41N3O4S/c1-24-14-17-28(18-15-24)22-35(32(37)23-36(41(4,39)40)30-19-16-25(2)26(3)20-30)31(21-27-10-6-5-7-11-27)33(38)34-29-12-8-9-13-29/h5-7,10-11,14-20,29,31H,8-9,12-13,21-23H2,1-4H3,(H,34,38)/t31-/m1/s1. The highest BCUT2D eigenvalue weighted by atomic mass is 32.2. The fraction of sp³-hybridized carbons (Fsp3) is 0.394. The fourth-order valence-corrected chi connectivity index (χ4v) is 6.15. The molecule has 0 aromatic heterocycles. The van der Waals surface area contributed by atoms with E-state index in [1.54, 1.807) is 17.0 Å². The summed E-state index contributed by atoms with van der Waals surface area (Å²) in [4.78, 5) is 29.7. The largest absolute Gasteiger partial charge is 0.352 e. The highest BCUT2D eigenvalue weighted by Gasteiger charge is 2.34. The van der Waals surface area contributed by atoms with Gasteiger partial charge in [-0.05, 0) is 68.0 Å². The van der Waals surface area contributed by atoms with Crippen molar-refractivity contribution in [1.82, 2.24) is 10.2 Å². The van der Waals surface area contributed by atoms with E-state index in [0.717, 1.165) is 64.1 Å². The second-order valence-corrected chi connectivity index (χ2v) is 13.1. The van der Waals surface area contributed by atoms with E-state index in [-0.39, 0.29) is 18.5 Å². The Labute approximate surface area is 244 Å². The lowest BCUT2D eigenvalue weighted by Crippen LogP contribution is -2.54. The maximum Gasteiger partial charge on any atom is 0.244 e. The van der Waals surface area contributed by atoms with Crippen molar-refractivity contribution >= 4 is 27.5 Å². The molecule has 0 bridgehead atoms. The number of hydrogen-bond donors (Lipinski definition) is 1. The van der Waals surface area contributed by atoms with E-state index in [2.05, 4.69) is 5.32 Å². The SMILES string of the molecule is Cc1ccc(CN(C(=O)CN(c2ccc(C)c(C)c2)S(C)(=O)=O)[C@H](Cc2ccccc2)C(=O)NC2CCCC2)cc1. The van der Waals surface area contributed by atoms with E-state index in [1.165, 1.54) is 0 Å². The third kappa shape index (κ3) is 8.19. The molecule has 0 aliphatic heterocycles. The van der Waals surface area contributed by atoms with Crippen LogP contribution < -0.4 is 9.62 Å². The van der Waals surface area contributed by atoms with Gasteiger partial charge in [-0.25, -0.2) is 8.42 Å². The highest BCUT2D eigenvalue weighted by Crippen LogP contribution is 2.24. The van der Waals surface area contributed by atoms with E-state index in [4.69, 9.17) is 0 Å². The van der Waals surface area contributed by atoms with Gasteiger partial charge in [0.05, 0.1) is 11.9 Å². The van der Waals surface area contributed by atoms with Crippen molar-refractivity contribution in [2.24, 2.45) is 0 Å². The van der Waals surface area contributed by atoms with Gasteiger partial charge in [0.25, 0.3) is 0 Å². The van der Waals surface area contributed by atoms with Crippen molar-refractivity contribution in [2.45, 2.75) is 71.5 Å². The lowest BCUT2D eigenvalue weighted by atomic mass is 10.0. The maximum absolute atomic E-state index is 14.2. The van der Waals surface area contributed by atoms with Crippen LogP contribution in [0.2, 0.25) is 0 Å². The van der Waals surface area contributed by atoms with Crippen molar-refractivity contribution in [3.63, 3.8) is 0 Å². The summed E-state index contributed by atoms with van der Waals surface area (Å²) in [5, 5.41) is 3.19. The van der Waals surface area contributed by atoms with Crippen molar-refractivity contribution in [3.05, 3.63) is 101 Å². The molecule has 0 saturated heterocycles. The van der Waals surface area contributed by atoms with E-state index < -0.39 is 28.5 Å². The molecule has 1 aliphatic rings. The van der Waals surface area contributed by atoms with Gasteiger partial charge in [-0.1, -0.05) is 79.1 Å². The van der Waals surface area contributed by atoms with Crippen LogP contribution in [0.15, 0.2) is 72.8 Å². The first-order valence-corrected chi connectivity index (χ1v) is 16.1. The molecular formula is C33H41N3O4S. The topological polar surface area (TPSA) is 86.8 Å². The number of carbonyl (C=O) groups excluding carboxylic acids is 2. The number of sulfonamides is 1. The molecule has 0 spiro atoms. The zero-order chi connectivity index (χ0) is 29.6. The molecule has 1 aliphatic carbocycles. The van der Waals surface area contributed by atoms with Crippen LogP contribution in [-0.2, 0) is 32.6 Å². The number of aryl methyl sites for hydroxylation is 3. The quantitative estimate of drug-likeness (QED) is 0.346. The number of anilines is 1. The summed E-state index contributed by atoms with van der Waals surface area (Å²) in [6.45, 7) is 5.63.